The lowest BCUT2D eigenvalue weighted by Crippen LogP contribution is -2.10. The molecule has 0 aliphatic carbocycles. The van der Waals surface area contributed by atoms with Crippen molar-refractivity contribution in [3.8, 4) is 0 Å². The normalized spacial score (nSPS) is 15.9. The van der Waals surface area contributed by atoms with Crippen molar-refractivity contribution in [1.29, 1.82) is 0 Å². The van der Waals surface area contributed by atoms with Crippen molar-refractivity contribution in [3.63, 3.8) is 0 Å². The average Bonchev–Trinajstić information content (AvgIpc) is 2.59. The molecule has 0 saturated carbocycles. The zero-order chi connectivity index (χ0) is 11.0. The third kappa shape index (κ3) is 3.41. The van der Waals surface area contributed by atoms with E-state index in [4.69, 9.17) is 0 Å². The van der Waals surface area contributed by atoms with E-state index in [1.807, 2.05) is 19.9 Å². The fourth-order valence-electron chi connectivity index (χ4n) is 1.50. The van der Waals surface area contributed by atoms with Gasteiger partial charge in [-0.25, -0.2) is 0 Å². The van der Waals surface area contributed by atoms with Gasteiger partial charge in [0.25, 0.3) is 0 Å². The SMILES string of the molecule is C=CC1=C(/C=C\CC)CCN1C.CC. The van der Waals surface area contributed by atoms with E-state index in [0.717, 1.165) is 19.4 Å². The molecular weight excluding hydrogens is 170 g/mol. The molecule has 80 valence electrons. The first-order valence-corrected chi connectivity index (χ1v) is 5.52. The van der Waals surface area contributed by atoms with Gasteiger partial charge in [0.15, 0.2) is 0 Å². The highest BCUT2D eigenvalue weighted by Gasteiger charge is 2.13. The van der Waals surface area contributed by atoms with Gasteiger partial charge < -0.3 is 4.90 Å². The number of hydrogen-bond donors (Lipinski definition) is 0. The highest BCUT2D eigenvalue weighted by atomic mass is 15.1. The molecule has 0 atom stereocenters. The predicted octanol–water partition coefficient (Wildman–Crippen LogP) is 3.75. The predicted molar refractivity (Wildman–Crippen MR) is 65.2 cm³/mol. The maximum absolute atomic E-state index is 3.82. The van der Waals surface area contributed by atoms with Crippen LogP contribution >= 0.6 is 0 Å². The lowest BCUT2D eigenvalue weighted by Gasteiger charge is -2.11. The van der Waals surface area contributed by atoms with Gasteiger partial charge in [0.1, 0.15) is 0 Å². The van der Waals surface area contributed by atoms with Gasteiger partial charge in [-0.05, 0) is 24.5 Å². The molecule has 1 heteroatoms. The Morgan fingerprint density at radius 3 is 2.57 bits per heavy atom. The summed E-state index contributed by atoms with van der Waals surface area (Å²) in [6.07, 6.45) is 8.65. The molecule has 1 rings (SSSR count). The first-order chi connectivity index (χ1) is 6.79. The van der Waals surface area contributed by atoms with Gasteiger partial charge in [-0.3, -0.25) is 0 Å². The highest BCUT2D eigenvalue weighted by molar-refractivity contribution is 5.34. The van der Waals surface area contributed by atoms with E-state index < -0.39 is 0 Å². The maximum Gasteiger partial charge on any atom is 0.0390 e. The number of likely N-dealkylation sites (N-methyl/N-ethyl adjacent to an activating group) is 1. The van der Waals surface area contributed by atoms with E-state index in [2.05, 4.69) is 37.6 Å². The quantitative estimate of drug-likeness (QED) is 0.659. The van der Waals surface area contributed by atoms with E-state index >= 15 is 0 Å². The minimum Gasteiger partial charge on any atom is -0.374 e. The van der Waals surface area contributed by atoms with Crippen molar-refractivity contribution >= 4 is 0 Å². The monoisotopic (exact) mass is 193 g/mol. The lowest BCUT2D eigenvalue weighted by atomic mass is 10.1. The van der Waals surface area contributed by atoms with Crippen LogP contribution in [0.4, 0.5) is 0 Å². The Kier molecular flexibility index (Phi) is 6.91. The van der Waals surface area contributed by atoms with Gasteiger partial charge >= 0.3 is 0 Å². The fraction of sp³-hybridized carbons (Fsp3) is 0.538. The molecular formula is C13H23N. The Balaban J connectivity index is 0.000000791. The second-order valence-electron chi connectivity index (χ2n) is 3.10. The Hall–Kier alpha value is -0.980. The van der Waals surface area contributed by atoms with Gasteiger partial charge in [0.05, 0.1) is 0 Å². The van der Waals surface area contributed by atoms with Crippen LogP contribution in [0.3, 0.4) is 0 Å². The third-order valence-electron chi connectivity index (χ3n) is 2.20. The first kappa shape index (κ1) is 13.0. The summed E-state index contributed by atoms with van der Waals surface area (Å²) in [6, 6.07) is 0. The molecule has 1 aliphatic heterocycles. The zero-order valence-corrected chi connectivity index (χ0v) is 10.0. The molecule has 0 aromatic carbocycles. The second kappa shape index (κ2) is 7.43. The molecule has 0 amide bonds. The van der Waals surface area contributed by atoms with Crippen LogP contribution in [-0.4, -0.2) is 18.5 Å². The summed E-state index contributed by atoms with van der Waals surface area (Å²) in [5.41, 5.74) is 2.72. The van der Waals surface area contributed by atoms with E-state index in [0.29, 0.717) is 0 Å². The van der Waals surface area contributed by atoms with E-state index in [-0.39, 0.29) is 0 Å². The van der Waals surface area contributed by atoms with Gasteiger partial charge in [-0.15, -0.1) is 0 Å². The number of nitrogens with zero attached hydrogens (tertiary/aromatic N) is 1. The lowest BCUT2D eigenvalue weighted by molar-refractivity contribution is 0.472. The van der Waals surface area contributed by atoms with Gasteiger partial charge in [0, 0.05) is 19.3 Å². The van der Waals surface area contributed by atoms with Crippen molar-refractivity contribution in [3.05, 3.63) is 36.1 Å². The summed E-state index contributed by atoms with van der Waals surface area (Å²) in [5.74, 6) is 0. The van der Waals surface area contributed by atoms with Crippen LogP contribution in [0.15, 0.2) is 36.1 Å². The summed E-state index contributed by atoms with van der Waals surface area (Å²) < 4.78 is 0. The summed E-state index contributed by atoms with van der Waals surface area (Å²) in [6.45, 7) is 11.1. The largest absolute Gasteiger partial charge is 0.374 e. The van der Waals surface area contributed by atoms with Crippen molar-refractivity contribution in [2.45, 2.75) is 33.6 Å². The molecule has 1 aliphatic rings. The molecule has 0 spiro atoms. The molecule has 14 heavy (non-hydrogen) atoms. The Labute approximate surface area is 88.8 Å². The molecule has 0 radical (unpaired) electrons. The minimum atomic E-state index is 1.11. The van der Waals surface area contributed by atoms with Crippen molar-refractivity contribution in [2.75, 3.05) is 13.6 Å². The Morgan fingerprint density at radius 1 is 1.43 bits per heavy atom. The van der Waals surface area contributed by atoms with Gasteiger partial charge in [-0.2, -0.15) is 0 Å². The van der Waals surface area contributed by atoms with Crippen molar-refractivity contribution < 1.29 is 0 Å². The molecule has 0 fully saturated rings. The van der Waals surface area contributed by atoms with Gasteiger partial charge in [0.2, 0.25) is 0 Å². The molecule has 1 nitrogen and oxygen atoms in total. The third-order valence-corrected chi connectivity index (χ3v) is 2.20. The molecule has 0 aromatic rings. The van der Waals surface area contributed by atoms with Gasteiger partial charge in [-0.1, -0.05) is 39.5 Å². The smallest absolute Gasteiger partial charge is 0.0390 e. The van der Waals surface area contributed by atoms with Crippen LogP contribution in [0.5, 0.6) is 0 Å². The van der Waals surface area contributed by atoms with Crippen LogP contribution in [0.1, 0.15) is 33.6 Å². The number of rotatable bonds is 3. The second-order valence-corrected chi connectivity index (χ2v) is 3.10. The average molecular weight is 193 g/mol. The van der Waals surface area contributed by atoms with Crippen LogP contribution < -0.4 is 0 Å². The Morgan fingerprint density at radius 2 is 2.07 bits per heavy atom. The van der Waals surface area contributed by atoms with Crippen molar-refractivity contribution in [2.24, 2.45) is 0 Å². The van der Waals surface area contributed by atoms with E-state index in [1.165, 1.54) is 11.3 Å². The number of hydrogen-bond acceptors (Lipinski definition) is 1. The maximum atomic E-state index is 3.82. The molecule has 0 saturated heterocycles. The zero-order valence-electron chi connectivity index (χ0n) is 10.0. The Bertz CT molecular complexity index is 223. The van der Waals surface area contributed by atoms with Crippen LogP contribution in [0.25, 0.3) is 0 Å². The molecule has 0 unspecified atom stereocenters. The number of allylic oxidation sites excluding steroid dienone is 3. The van der Waals surface area contributed by atoms with Crippen molar-refractivity contribution in [1.82, 2.24) is 4.90 Å². The fourth-order valence-corrected chi connectivity index (χ4v) is 1.50. The summed E-state index contributed by atoms with van der Waals surface area (Å²) in [4.78, 5) is 2.25. The molecule has 0 bridgehead atoms. The topological polar surface area (TPSA) is 3.24 Å². The standard InChI is InChI=1S/C11H17N.C2H6/c1-4-6-7-10-8-9-12(3)11(10)5-2;1-2/h5-7H,2,4,8-9H2,1,3H3;1-2H3/b7-6-;. The molecule has 0 N–H and O–H groups in total. The molecule has 0 aromatic heterocycles. The minimum absolute atomic E-state index is 1.11. The highest BCUT2D eigenvalue weighted by Crippen LogP contribution is 2.22. The summed E-state index contributed by atoms with van der Waals surface area (Å²) >= 11 is 0. The summed E-state index contributed by atoms with van der Waals surface area (Å²) in [7, 11) is 2.11. The summed E-state index contributed by atoms with van der Waals surface area (Å²) in [5, 5.41) is 0. The molecule has 1 heterocycles. The van der Waals surface area contributed by atoms with Crippen LogP contribution in [0, 0.1) is 0 Å². The van der Waals surface area contributed by atoms with Crippen LogP contribution in [-0.2, 0) is 0 Å². The van der Waals surface area contributed by atoms with E-state index in [1.54, 1.807) is 0 Å². The first-order valence-electron chi connectivity index (χ1n) is 5.52. The van der Waals surface area contributed by atoms with E-state index in [9.17, 15) is 0 Å². The van der Waals surface area contributed by atoms with Crippen LogP contribution in [0.2, 0.25) is 0 Å².